The zero-order chi connectivity index (χ0) is 20.6. The predicted octanol–water partition coefficient (Wildman–Crippen LogP) is 3.48. The maximum atomic E-state index is 12.2. The van der Waals surface area contributed by atoms with Crippen LogP contribution < -0.4 is 0 Å². The summed E-state index contributed by atoms with van der Waals surface area (Å²) in [5.74, 6) is 4.67. The molecule has 0 heterocycles. The Bertz CT molecular complexity index is 623. The first-order chi connectivity index (χ1) is 13.4. The standard InChI is InChI=1S/C23H34O5/c1-2-13-23(14-8-15-23)21(26)11-7-10-18-17(19(24)16-20(18)25)9-5-3-4-6-12-22(27)28/h3,5,17-18,20-21,25-26H,2,4,6,8-9,11-16H2,1H3,(H,27,28)/b5-3-/t17-,18-,20-,21?/m1/s1. The highest BCUT2D eigenvalue weighted by atomic mass is 16.4. The second-order valence-electron chi connectivity index (χ2n) is 8.37. The van der Waals surface area contributed by atoms with Crippen molar-refractivity contribution >= 4 is 11.8 Å². The molecule has 0 saturated heterocycles. The van der Waals surface area contributed by atoms with Gasteiger partial charge >= 0.3 is 5.97 Å². The van der Waals surface area contributed by atoms with Gasteiger partial charge in [0.15, 0.2) is 0 Å². The van der Waals surface area contributed by atoms with Crippen molar-refractivity contribution in [3.05, 3.63) is 12.2 Å². The van der Waals surface area contributed by atoms with E-state index >= 15 is 0 Å². The molecule has 0 aromatic rings. The molecule has 2 fully saturated rings. The molecule has 156 valence electrons. The molecule has 0 aliphatic heterocycles. The number of ketones is 1. The van der Waals surface area contributed by atoms with Crippen LogP contribution in [0.4, 0.5) is 0 Å². The van der Waals surface area contributed by atoms with Gasteiger partial charge in [-0.15, -0.1) is 5.92 Å². The second kappa shape index (κ2) is 10.8. The molecule has 2 aliphatic carbocycles. The number of rotatable bonds is 10. The molecular formula is C23H34O5. The van der Waals surface area contributed by atoms with Crippen LogP contribution in [0.5, 0.6) is 0 Å². The lowest BCUT2D eigenvalue weighted by Crippen LogP contribution is -2.41. The highest BCUT2D eigenvalue weighted by Gasteiger charge is 2.42. The van der Waals surface area contributed by atoms with E-state index in [4.69, 9.17) is 5.11 Å². The summed E-state index contributed by atoms with van der Waals surface area (Å²) in [5.41, 5.74) is 0.0195. The number of carboxylic acids is 1. The van der Waals surface area contributed by atoms with Crippen molar-refractivity contribution in [1.82, 2.24) is 0 Å². The Morgan fingerprint density at radius 2 is 2.11 bits per heavy atom. The average molecular weight is 391 g/mol. The number of carbonyl (C=O) groups is 2. The van der Waals surface area contributed by atoms with Crippen LogP contribution in [0.1, 0.15) is 77.6 Å². The van der Waals surface area contributed by atoms with Gasteiger partial charge < -0.3 is 15.3 Å². The van der Waals surface area contributed by atoms with Gasteiger partial charge in [-0.2, -0.15) is 0 Å². The number of aliphatic hydroxyl groups excluding tert-OH is 2. The molecule has 0 bridgehead atoms. The van der Waals surface area contributed by atoms with E-state index in [2.05, 4.69) is 18.8 Å². The number of allylic oxidation sites excluding steroid dienone is 2. The summed E-state index contributed by atoms with van der Waals surface area (Å²) in [5, 5.41) is 29.4. The van der Waals surface area contributed by atoms with Crippen LogP contribution in [0.2, 0.25) is 0 Å². The van der Waals surface area contributed by atoms with Gasteiger partial charge in [0.25, 0.3) is 0 Å². The third-order valence-corrected chi connectivity index (χ3v) is 6.36. The van der Waals surface area contributed by atoms with E-state index < -0.39 is 18.2 Å². The highest BCUT2D eigenvalue weighted by molar-refractivity contribution is 5.85. The summed E-state index contributed by atoms with van der Waals surface area (Å²) >= 11 is 0. The largest absolute Gasteiger partial charge is 0.481 e. The summed E-state index contributed by atoms with van der Waals surface area (Å²) < 4.78 is 0. The lowest BCUT2D eigenvalue weighted by molar-refractivity contribution is -0.137. The number of aliphatic hydroxyl groups is 2. The third-order valence-electron chi connectivity index (χ3n) is 6.36. The minimum absolute atomic E-state index is 0.0195. The van der Waals surface area contributed by atoms with Crippen molar-refractivity contribution < 1.29 is 24.9 Å². The fourth-order valence-corrected chi connectivity index (χ4v) is 4.53. The van der Waals surface area contributed by atoms with Crippen molar-refractivity contribution in [3.8, 4) is 11.8 Å². The van der Waals surface area contributed by atoms with Crippen LogP contribution in [0.3, 0.4) is 0 Å². The van der Waals surface area contributed by atoms with Gasteiger partial charge in [0.05, 0.1) is 18.1 Å². The average Bonchev–Trinajstić information content (AvgIpc) is 2.87. The number of unbranched alkanes of at least 4 members (excludes halogenated alkanes) is 1. The smallest absolute Gasteiger partial charge is 0.303 e. The van der Waals surface area contributed by atoms with Crippen LogP contribution in [-0.4, -0.2) is 39.3 Å². The Balaban J connectivity index is 1.88. The summed E-state index contributed by atoms with van der Waals surface area (Å²) in [6.07, 6.45) is 10.4. The predicted molar refractivity (Wildman–Crippen MR) is 107 cm³/mol. The van der Waals surface area contributed by atoms with E-state index in [0.29, 0.717) is 25.7 Å². The number of carboxylic acid groups (broad SMARTS) is 1. The molecular weight excluding hydrogens is 356 g/mol. The molecule has 0 aromatic heterocycles. The molecule has 28 heavy (non-hydrogen) atoms. The molecule has 3 N–H and O–H groups in total. The van der Waals surface area contributed by atoms with E-state index in [1.54, 1.807) is 0 Å². The van der Waals surface area contributed by atoms with Crippen LogP contribution >= 0.6 is 0 Å². The fraction of sp³-hybridized carbons (Fsp3) is 0.739. The molecule has 4 atom stereocenters. The molecule has 2 rings (SSSR count). The topological polar surface area (TPSA) is 94.8 Å². The van der Waals surface area contributed by atoms with Crippen LogP contribution in [-0.2, 0) is 9.59 Å². The van der Waals surface area contributed by atoms with E-state index in [0.717, 1.165) is 25.7 Å². The molecule has 0 spiro atoms. The van der Waals surface area contributed by atoms with Gasteiger partial charge in [-0.05, 0) is 43.9 Å². The van der Waals surface area contributed by atoms with E-state index in [-0.39, 0.29) is 35.9 Å². The van der Waals surface area contributed by atoms with E-state index in [1.165, 1.54) is 6.42 Å². The van der Waals surface area contributed by atoms with Crippen molar-refractivity contribution in [2.45, 2.75) is 89.8 Å². The Labute approximate surface area is 168 Å². The highest BCUT2D eigenvalue weighted by Crippen LogP contribution is 2.48. The summed E-state index contributed by atoms with van der Waals surface area (Å²) in [6.45, 7) is 2.14. The first-order valence-corrected chi connectivity index (χ1v) is 10.6. The normalized spacial score (nSPS) is 27.2. The first-order valence-electron chi connectivity index (χ1n) is 10.6. The van der Waals surface area contributed by atoms with Gasteiger partial charge in [0.1, 0.15) is 5.78 Å². The molecule has 0 amide bonds. The molecule has 2 aliphatic rings. The molecule has 1 unspecified atom stereocenters. The van der Waals surface area contributed by atoms with Gasteiger partial charge in [0, 0.05) is 25.2 Å². The number of aliphatic carboxylic acids is 1. The van der Waals surface area contributed by atoms with Gasteiger partial charge in [-0.25, -0.2) is 0 Å². The lowest BCUT2D eigenvalue weighted by atomic mass is 9.62. The van der Waals surface area contributed by atoms with Crippen molar-refractivity contribution in [2.75, 3.05) is 0 Å². The Morgan fingerprint density at radius 3 is 2.71 bits per heavy atom. The number of Topliss-reactive ketones (excluding diaryl/α,β-unsaturated/α-hetero) is 1. The minimum atomic E-state index is -0.803. The minimum Gasteiger partial charge on any atom is -0.481 e. The molecule has 2 saturated carbocycles. The van der Waals surface area contributed by atoms with Crippen LogP contribution in [0, 0.1) is 29.1 Å². The Kier molecular flexibility index (Phi) is 8.72. The second-order valence-corrected chi connectivity index (χ2v) is 8.37. The van der Waals surface area contributed by atoms with E-state index in [1.807, 2.05) is 12.2 Å². The molecule has 5 nitrogen and oxygen atoms in total. The van der Waals surface area contributed by atoms with Crippen molar-refractivity contribution in [3.63, 3.8) is 0 Å². The monoisotopic (exact) mass is 390 g/mol. The fourth-order valence-electron chi connectivity index (χ4n) is 4.53. The summed E-state index contributed by atoms with van der Waals surface area (Å²) in [7, 11) is 0. The number of carbonyl (C=O) groups excluding carboxylic acids is 1. The zero-order valence-electron chi connectivity index (χ0n) is 16.9. The maximum absolute atomic E-state index is 12.2. The zero-order valence-corrected chi connectivity index (χ0v) is 16.9. The van der Waals surface area contributed by atoms with Crippen molar-refractivity contribution in [2.24, 2.45) is 17.3 Å². The van der Waals surface area contributed by atoms with Gasteiger partial charge in [-0.1, -0.05) is 37.8 Å². The van der Waals surface area contributed by atoms with Crippen molar-refractivity contribution in [1.29, 1.82) is 0 Å². The van der Waals surface area contributed by atoms with Gasteiger partial charge in [0.2, 0.25) is 0 Å². The lowest BCUT2D eigenvalue weighted by Gasteiger charge is -2.45. The molecule has 0 aromatic carbocycles. The number of hydrogen-bond acceptors (Lipinski definition) is 4. The van der Waals surface area contributed by atoms with Gasteiger partial charge in [-0.3, -0.25) is 9.59 Å². The Morgan fingerprint density at radius 1 is 1.36 bits per heavy atom. The maximum Gasteiger partial charge on any atom is 0.303 e. The third kappa shape index (κ3) is 5.93. The number of hydrogen-bond donors (Lipinski definition) is 3. The summed E-state index contributed by atoms with van der Waals surface area (Å²) in [4.78, 5) is 22.7. The Hall–Kier alpha value is -1.64. The van der Waals surface area contributed by atoms with E-state index in [9.17, 15) is 19.8 Å². The van der Waals surface area contributed by atoms with Crippen LogP contribution in [0.25, 0.3) is 0 Å². The summed E-state index contributed by atoms with van der Waals surface area (Å²) in [6, 6.07) is 0. The first kappa shape index (κ1) is 22.6. The quantitative estimate of drug-likeness (QED) is 0.302. The molecule has 0 radical (unpaired) electrons. The van der Waals surface area contributed by atoms with Crippen LogP contribution in [0.15, 0.2) is 12.2 Å². The SMILES string of the molecule is CCCC1(C(O)CC#C[C@H]2[C@H](O)CC(=O)[C@@H]2C/C=C\CCCC(=O)O)CCC1. The molecule has 5 heteroatoms.